The van der Waals surface area contributed by atoms with E-state index in [2.05, 4.69) is 21.0 Å². The molecule has 6 nitrogen and oxygen atoms in total. The molecule has 4 heterocycles. The average Bonchev–Trinajstić information content (AvgIpc) is 3.31. The Labute approximate surface area is 157 Å². The third-order valence-corrected chi connectivity index (χ3v) is 5.08. The maximum atomic E-state index is 13.5. The van der Waals surface area contributed by atoms with Crippen LogP contribution in [0.4, 0.5) is 20.3 Å². The average molecular weight is 384 g/mol. The quantitative estimate of drug-likeness (QED) is 0.742. The fourth-order valence-electron chi connectivity index (χ4n) is 2.99. The Morgan fingerprint density at radius 3 is 2.78 bits per heavy atom. The normalized spacial score (nSPS) is 15.7. The van der Waals surface area contributed by atoms with Gasteiger partial charge in [-0.2, -0.15) is 5.26 Å². The zero-order valence-corrected chi connectivity index (χ0v) is 14.9. The van der Waals surface area contributed by atoms with Gasteiger partial charge in [-0.3, -0.25) is 0 Å². The predicted molar refractivity (Wildman–Crippen MR) is 99.5 cm³/mol. The highest BCUT2D eigenvalue weighted by atomic mass is 32.1. The van der Waals surface area contributed by atoms with Gasteiger partial charge in [-0.05, 0) is 18.2 Å². The Morgan fingerprint density at radius 2 is 2.11 bits per heavy atom. The molecule has 1 saturated heterocycles. The van der Waals surface area contributed by atoms with Crippen molar-refractivity contribution in [1.82, 2.24) is 15.0 Å². The summed E-state index contributed by atoms with van der Waals surface area (Å²) in [5.41, 5.74) is 7.78. The number of nitriles is 1. The number of thiazole rings is 1. The second-order valence-corrected chi connectivity index (χ2v) is 7.07. The van der Waals surface area contributed by atoms with Crippen LogP contribution in [-0.4, -0.2) is 34.0 Å². The standard InChI is InChI=1S/C18H14F2N6S/c19-18(20)4-6-26(10-18)15-3-1-2-13(24-15)16-11(9-21)12(22)8-14(25-16)17-23-5-7-27-17/h1-3,5,7-8H,4,6,10H2,(H2,22,25). The lowest BCUT2D eigenvalue weighted by Gasteiger charge is -2.18. The number of hydrogen-bond acceptors (Lipinski definition) is 7. The Morgan fingerprint density at radius 1 is 1.26 bits per heavy atom. The monoisotopic (exact) mass is 384 g/mol. The van der Waals surface area contributed by atoms with E-state index < -0.39 is 5.92 Å². The van der Waals surface area contributed by atoms with Gasteiger partial charge in [0.15, 0.2) is 0 Å². The van der Waals surface area contributed by atoms with Crippen LogP contribution in [0.2, 0.25) is 0 Å². The van der Waals surface area contributed by atoms with Gasteiger partial charge in [-0.25, -0.2) is 23.7 Å². The zero-order chi connectivity index (χ0) is 19.0. The molecule has 3 aromatic heterocycles. The molecule has 9 heteroatoms. The van der Waals surface area contributed by atoms with E-state index in [-0.39, 0.29) is 30.8 Å². The van der Waals surface area contributed by atoms with Crippen molar-refractivity contribution in [2.75, 3.05) is 23.7 Å². The first-order valence-corrected chi connectivity index (χ1v) is 9.05. The highest BCUT2D eigenvalue weighted by molar-refractivity contribution is 7.13. The molecule has 1 aliphatic heterocycles. The number of hydrogen-bond donors (Lipinski definition) is 1. The molecule has 0 radical (unpaired) electrons. The van der Waals surface area contributed by atoms with Crippen LogP contribution in [0.1, 0.15) is 12.0 Å². The van der Waals surface area contributed by atoms with E-state index in [4.69, 9.17) is 5.73 Å². The van der Waals surface area contributed by atoms with E-state index in [9.17, 15) is 14.0 Å². The Balaban J connectivity index is 1.79. The summed E-state index contributed by atoms with van der Waals surface area (Å²) in [6.45, 7) is -0.146. The molecule has 0 aromatic carbocycles. The minimum atomic E-state index is -2.72. The molecule has 1 fully saturated rings. The summed E-state index contributed by atoms with van der Waals surface area (Å²) >= 11 is 1.40. The van der Waals surface area contributed by atoms with Crippen LogP contribution < -0.4 is 10.6 Å². The second-order valence-electron chi connectivity index (χ2n) is 6.18. The van der Waals surface area contributed by atoms with Crippen molar-refractivity contribution >= 4 is 22.8 Å². The van der Waals surface area contributed by atoms with Crippen molar-refractivity contribution in [3.8, 4) is 28.2 Å². The first-order valence-electron chi connectivity index (χ1n) is 8.17. The number of nitrogens with zero attached hydrogens (tertiary/aromatic N) is 5. The molecule has 0 unspecified atom stereocenters. The van der Waals surface area contributed by atoms with Gasteiger partial charge in [-0.1, -0.05) is 6.07 Å². The minimum Gasteiger partial charge on any atom is -0.398 e. The minimum absolute atomic E-state index is 0.201. The lowest BCUT2D eigenvalue weighted by atomic mass is 10.1. The number of pyridine rings is 2. The van der Waals surface area contributed by atoms with Gasteiger partial charge in [0.2, 0.25) is 0 Å². The SMILES string of the molecule is N#Cc1c(N)cc(-c2nccs2)nc1-c1cccc(N2CCC(F)(F)C2)n1. The second kappa shape index (κ2) is 6.55. The van der Waals surface area contributed by atoms with Gasteiger partial charge >= 0.3 is 0 Å². The van der Waals surface area contributed by atoms with Crippen LogP contribution in [0, 0.1) is 11.3 Å². The molecular weight excluding hydrogens is 370 g/mol. The molecule has 3 aromatic rings. The van der Waals surface area contributed by atoms with Crippen LogP contribution in [0.3, 0.4) is 0 Å². The number of anilines is 2. The van der Waals surface area contributed by atoms with Crippen LogP contribution >= 0.6 is 11.3 Å². The summed E-state index contributed by atoms with van der Waals surface area (Å²) < 4.78 is 27.1. The third kappa shape index (κ3) is 3.31. The molecule has 2 N–H and O–H groups in total. The third-order valence-electron chi connectivity index (χ3n) is 4.28. The maximum absolute atomic E-state index is 13.5. The Bertz CT molecular complexity index is 1030. The molecule has 0 bridgehead atoms. The molecule has 136 valence electrons. The molecule has 0 saturated carbocycles. The topological polar surface area (TPSA) is 91.7 Å². The highest BCUT2D eigenvalue weighted by Crippen LogP contribution is 2.33. The van der Waals surface area contributed by atoms with Crippen molar-refractivity contribution in [3.05, 3.63) is 41.4 Å². The van der Waals surface area contributed by atoms with Crippen molar-refractivity contribution < 1.29 is 8.78 Å². The Kier molecular flexibility index (Phi) is 4.20. The van der Waals surface area contributed by atoms with Gasteiger partial charge in [0.1, 0.15) is 33.8 Å². The van der Waals surface area contributed by atoms with E-state index in [0.29, 0.717) is 27.9 Å². The zero-order valence-electron chi connectivity index (χ0n) is 14.1. The lowest BCUT2D eigenvalue weighted by molar-refractivity contribution is 0.0256. The molecule has 0 atom stereocenters. The smallest absolute Gasteiger partial charge is 0.266 e. The van der Waals surface area contributed by atoms with E-state index in [1.165, 1.54) is 16.2 Å². The number of aromatic nitrogens is 3. The number of alkyl halides is 2. The summed E-state index contributed by atoms with van der Waals surface area (Å²) in [4.78, 5) is 14.8. The molecule has 4 rings (SSSR count). The number of halogens is 2. The molecule has 27 heavy (non-hydrogen) atoms. The van der Waals surface area contributed by atoms with E-state index in [1.54, 1.807) is 30.5 Å². The van der Waals surface area contributed by atoms with E-state index >= 15 is 0 Å². The summed E-state index contributed by atoms with van der Waals surface area (Å²) in [6.07, 6.45) is 1.45. The van der Waals surface area contributed by atoms with E-state index in [0.717, 1.165) is 0 Å². The van der Waals surface area contributed by atoms with Crippen molar-refractivity contribution in [2.24, 2.45) is 0 Å². The van der Waals surface area contributed by atoms with Gasteiger partial charge in [0, 0.05) is 24.5 Å². The molecular formula is C18H14F2N6S. The summed E-state index contributed by atoms with van der Waals surface area (Å²) in [6, 6.07) is 8.73. The van der Waals surface area contributed by atoms with Gasteiger partial charge in [0.25, 0.3) is 5.92 Å². The lowest BCUT2D eigenvalue weighted by Crippen LogP contribution is -2.25. The van der Waals surface area contributed by atoms with Gasteiger partial charge in [0.05, 0.1) is 17.9 Å². The van der Waals surface area contributed by atoms with Gasteiger partial charge in [-0.15, -0.1) is 11.3 Å². The molecule has 1 aliphatic rings. The first kappa shape index (κ1) is 17.3. The summed E-state index contributed by atoms with van der Waals surface area (Å²) in [5.74, 6) is -2.29. The molecule has 0 aliphatic carbocycles. The van der Waals surface area contributed by atoms with Crippen molar-refractivity contribution in [3.63, 3.8) is 0 Å². The number of nitrogen functional groups attached to an aromatic ring is 1. The van der Waals surface area contributed by atoms with Crippen LogP contribution in [0.15, 0.2) is 35.8 Å². The van der Waals surface area contributed by atoms with Crippen LogP contribution in [-0.2, 0) is 0 Å². The van der Waals surface area contributed by atoms with Crippen LogP contribution in [0.5, 0.6) is 0 Å². The predicted octanol–water partition coefficient (Wildman–Crippen LogP) is 3.57. The fourth-order valence-corrected chi connectivity index (χ4v) is 3.59. The summed E-state index contributed by atoms with van der Waals surface area (Å²) in [5, 5.41) is 12.0. The van der Waals surface area contributed by atoms with Gasteiger partial charge < -0.3 is 10.6 Å². The van der Waals surface area contributed by atoms with E-state index in [1.807, 2.05) is 5.38 Å². The number of rotatable bonds is 3. The maximum Gasteiger partial charge on any atom is 0.266 e. The highest BCUT2D eigenvalue weighted by Gasteiger charge is 2.38. The van der Waals surface area contributed by atoms with Crippen molar-refractivity contribution in [2.45, 2.75) is 12.3 Å². The Hall–Kier alpha value is -3.12. The largest absolute Gasteiger partial charge is 0.398 e. The fraction of sp³-hybridized carbons (Fsp3) is 0.222. The van der Waals surface area contributed by atoms with Crippen molar-refractivity contribution in [1.29, 1.82) is 5.26 Å². The first-order chi connectivity index (χ1) is 13.0. The van der Waals surface area contributed by atoms with Crippen LogP contribution in [0.25, 0.3) is 22.1 Å². The molecule has 0 amide bonds. The summed E-state index contributed by atoms with van der Waals surface area (Å²) in [7, 11) is 0. The number of nitrogens with two attached hydrogens (primary N) is 1. The molecule has 0 spiro atoms.